The molecule has 0 bridgehead atoms. The van der Waals surface area contributed by atoms with Crippen LogP contribution in [-0.2, 0) is 6.18 Å². The first-order valence-corrected chi connectivity index (χ1v) is 17.8. The molecule has 52 heavy (non-hydrogen) atoms. The zero-order valence-corrected chi connectivity index (χ0v) is 31.0. The lowest BCUT2D eigenvalue weighted by molar-refractivity contribution is -0.141. The minimum absolute atomic E-state index is 0.0893. The molecule has 13 heteroatoms. The van der Waals surface area contributed by atoms with Gasteiger partial charge in [-0.05, 0) is 72.8 Å². The van der Waals surface area contributed by atoms with Crippen molar-refractivity contribution in [2.75, 3.05) is 18.0 Å². The predicted molar refractivity (Wildman–Crippen MR) is 194 cm³/mol. The summed E-state index contributed by atoms with van der Waals surface area (Å²) in [5.41, 5.74) is 5.67. The average Bonchev–Trinajstić information content (AvgIpc) is 3.12. The Bertz CT molecular complexity index is 1750. The van der Waals surface area contributed by atoms with Gasteiger partial charge >= 0.3 is 6.18 Å². The monoisotopic (exact) mass is 724 g/mol. The third-order valence-electron chi connectivity index (χ3n) is 9.00. The van der Waals surface area contributed by atoms with Gasteiger partial charge in [0.05, 0.1) is 11.4 Å². The molecule has 1 unspecified atom stereocenters. The van der Waals surface area contributed by atoms with E-state index in [9.17, 15) is 22.0 Å². The molecule has 0 aromatic carbocycles. The second-order valence-electron chi connectivity index (χ2n) is 14.3. The highest BCUT2D eigenvalue weighted by Gasteiger charge is 2.34. The minimum Gasteiger partial charge on any atom is -0.356 e. The molecule has 8 nitrogen and oxygen atoms in total. The number of pyridine rings is 1. The molecule has 1 saturated heterocycles. The molecule has 0 saturated carbocycles. The number of alkyl halides is 5. The normalized spacial score (nSPS) is 17.2. The summed E-state index contributed by atoms with van der Waals surface area (Å²) in [7, 11) is 0. The summed E-state index contributed by atoms with van der Waals surface area (Å²) in [5, 5.41) is 0. The van der Waals surface area contributed by atoms with E-state index in [0.717, 1.165) is 47.0 Å². The Labute approximate surface area is 303 Å². The third-order valence-corrected chi connectivity index (χ3v) is 9.00. The summed E-state index contributed by atoms with van der Waals surface area (Å²) in [6.07, 6.45) is 7.17. The van der Waals surface area contributed by atoms with Gasteiger partial charge in [-0.1, -0.05) is 54.5 Å². The quantitative estimate of drug-likeness (QED) is 0.182. The van der Waals surface area contributed by atoms with E-state index in [2.05, 4.69) is 81.6 Å². The first-order valence-electron chi connectivity index (χ1n) is 17.8. The van der Waals surface area contributed by atoms with Gasteiger partial charge in [0.25, 0.3) is 5.92 Å². The largest absolute Gasteiger partial charge is 0.433 e. The van der Waals surface area contributed by atoms with E-state index < -0.39 is 17.8 Å². The van der Waals surface area contributed by atoms with Crippen LogP contribution in [0, 0.1) is 5.92 Å². The van der Waals surface area contributed by atoms with Gasteiger partial charge < -0.3 is 4.90 Å². The number of halogens is 5. The maximum Gasteiger partial charge on any atom is 0.433 e. The maximum absolute atomic E-state index is 13.0. The first kappa shape index (κ1) is 40.4. The number of piperidine rings is 1. The van der Waals surface area contributed by atoms with Gasteiger partial charge in [0.15, 0.2) is 0 Å². The van der Waals surface area contributed by atoms with E-state index in [4.69, 9.17) is 0 Å². The lowest BCUT2D eigenvalue weighted by Crippen LogP contribution is -2.39. The van der Waals surface area contributed by atoms with Crippen LogP contribution in [0.4, 0.5) is 27.8 Å². The molecule has 1 fully saturated rings. The molecular formula is C39H49F5N8. The standard InChI is InChI=1S/C14H20N2.C13H12F3N3.C12H17F2N3/c1-10(2)13-8-14(16-9-15-13)12-6-4-11(3)5-7-12;1-8(2)10-5-11(19-7-18-10)9-3-4-12(17-6-9)13(14,15)16;1-9(2)10-7-11(16-8-15-10)17-5-3-12(13,14)4-6-17/h6,8-11H,4-5,7H2,1-3H3;3-8H,1-2H3;7-9H,3-6H2,1-2H3. The van der Waals surface area contributed by atoms with Crippen LogP contribution in [0.5, 0.6) is 0 Å². The molecule has 5 heterocycles. The van der Waals surface area contributed by atoms with Gasteiger partial charge in [-0.25, -0.2) is 38.7 Å². The van der Waals surface area contributed by atoms with Crippen molar-refractivity contribution in [1.29, 1.82) is 0 Å². The van der Waals surface area contributed by atoms with Gasteiger partial charge in [-0.3, -0.25) is 4.98 Å². The van der Waals surface area contributed by atoms with E-state index in [0.29, 0.717) is 36.2 Å². The number of allylic oxidation sites excluding steroid dienone is 2. The van der Waals surface area contributed by atoms with Crippen molar-refractivity contribution in [1.82, 2.24) is 34.9 Å². The maximum atomic E-state index is 13.0. The van der Waals surface area contributed by atoms with Crippen molar-refractivity contribution in [3.63, 3.8) is 0 Å². The molecule has 1 aliphatic heterocycles. The smallest absolute Gasteiger partial charge is 0.356 e. The van der Waals surface area contributed by atoms with Crippen LogP contribution < -0.4 is 4.90 Å². The van der Waals surface area contributed by atoms with E-state index >= 15 is 0 Å². The van der Waals surface area contributed by atoms with E-state index in [1.165, 1.54) is 43.3 Å². The summed E-state index contributed by atoms with van der Waals surface area (Å²) in [4.78, 5) is 30.5. The van der Waals surface area contributed by atoms with Crippen LogP contribution in [0.3, 0.4) is 0 Å². The Balaban J connectivity index is 0.000000175. The third kappa shape index (κ3) is 11.8. The van der Waals surface area contributed by atoms with Gasteiger partial charge in [0, 0.05) is 60.8 Å². The number of hydrogen-bond donors (Lipinski definition) is 0. The molecule has 1 atom stereocenters. The van der Waals surface area contributed by atoms with E-state index in [1.54, 1.807) is 12.4 Å². The lowest BCUT2D eigenvalue weighted by atomic mass is 9.89. The number of rotatable bonds is 6. The van der Waals surface area contributed by atoms with Crippen molar-refractivity contribution in [3.05, 3.63) is 90.1 Å². The topological polar surface area (TPSA) is 93.5 Å². The molecule has 4 aromatic heterocycles. The highest BCUT2D eigenvalue weighted by molar-refractivity contribution is 5.63. The Morgan fingerprint density at radius 1 is 0.712 bits per heavy atom. The van der Waals surface area contributed by atoms with Gasteiger partial charge in [0.2, 0.25) is 0 Å². The van der Waals surface area contributed by atoms with Gasteiger partial charge in [-0.15, -0.1) is 0 Å². The highest BCUT2D eigenvalue weighted by Crippen LogP contribution is 2.32. The van der Waals surface area contributed by atoms with Crippen molar-refractivity contribution in [2.45, 2.75) is 110 Å². The summed E-state index contributed by atoms with van der Waals surface area (Å²) in [5.74, 6) is 0.107. The fraction of sp³-hybridized carbons (Fsp3) is 0.513. The number of hydrogen-bond acceptors (Lipinski definition) is 8. The number of anilines is 1. The zero-order chi connectivity index (χ0) is 38.1. The Kier molecular flexibility index (Phi) is 13.9. The van der Waals surface area contributed by atoms with Crippen molar-refractivity contribution in [3.8, 4) is 11.3 Å². The second kappa shape index (κ2) is 17.9. The van der Waals surface area contributed by atoms with Crippen molar-refractivity contribution >= 4 is 11.4 Å². The molecule has 2 aliphatic rings. The number of nitrogens with zero attached hydrogens (tertiary/aromatic N) is 8. The molecule has 6 rings (SSSR count). The lowest BCUT2D eigenvalue weighted by Gasteiger charge is -2.32. The van der Waals surface area contributed by atoms with Gasteiger partial charge in [-0.2, -0.15) is 13.2 Å². The van der Waals surface area contributed by atoms with Crippen LogP contribution in [0.1, 0.15) is 127 Å². The fourth-order valence-corrected chi connectivity index (χ4v) is 5.53. The Morgan fingerprint density at radius 3 is 1.75 bits per heavy atom. The SMILES string of the molecule is CC(C)c1cc(-c2ccc(C(F)(F)F)nc2)ncn1.CC(C)c1cc(N2CCC(F)(F)CC2)ncn1.CC1CC=C(c2cc(C(C)C)ncn2)CC1. The summed E-state index contributed by atoms with van der Waals surface area (Å²) < 4.78 is 63.3. The average molecular weight is 725 g/mol. The second-order valence-corrected chi connectivity index (χ2v) is 14.3. The van der Waals surface area contributed by atoms with Crippen LogP contribution >= 0.6 is 0 Å². The molecule has 0 radical (unpaired) electrons. The fourth-order valence-electron chi connectivity index (χ4n) is 5.53. The minimum atomic E-state index is -4.42. The molecule has 0 N–H and O–H groups in total. The van der Waals surface area contributed by atoms with Gasteiger partial charge in [0.1, 0.15) is 30.5 Å². The van der Waals surface area contributed by atoms with Crippen LogP contribution in [0.15, 0.2) is 61.6 Å². The summed E-state index contributed by atoms with van der Waals surface area (Å²) >= 11 is 0. The first-order chi connectivity index (χ1) is 24.5. The Hall–Kier alpha value is -4.42. The van der Waals surface area contributed by atoms with Crippen LogP contribution in [0.2, 0.25) is 0 Å². The molecule has 0 amide bonds. The number of aromatic nitrogens is 7. The summed E-state index contributed by atoms with van der Waals surface area (Å²) in [6.45, 7) is 15.4. The predicted octanol–water partition coefficient (Wildman–Crippen LogP) is 10.3. The molecule has 0 spiro atoms. The van der Waals surface area contributed by atoms with E-state index in [-0.39, 0.29) is 18.8 Å². The van der Waals surface area contributed by atoms with Crippen molar-refractivity contribution in [2.24, 2.45) is 5.92 Å². The molecule has 4 aromatic rings. The van der Waals surface area contributed by atoms with Crippen molar-refractivity contribution < 1.29 is 22.0 Å². The van der Waals surface area contributed by atoms with Crippen LogP contribution in [0.25, 0.3) is 16.8 Å². The molecular weight excluding hydrogens is 675 g/mol. The molecule has 280 valence electrons. The Morgan fingerprint density at radius 2 is 1.25 bits per heavy atom. The molecule has 1 aliphatic carbocycles. The van der Waals surface area contributed by atoms with E-state index in [1.807, 2.05) is 24.8 Å². The van der Waals surface area contributed by atoms with Crippen LogP contribution in [-0.4, -0.2) is 53.9 Å². The zero-order valence-electron chi connectivity index (χ0n) is 31.0. The summed E-state index contributed by atoms with van der Waals surface area (Å²) in [6, 6.07) is 8.12. The highest BCUT2D eigenvalue weighted by atomic mass is 19.4.